The summed E-state index contributed by atoms with van der Waals surface area (Å²) in [7, 11) is 0. The van der Waals surface area contributed by atoms with Gasteiger partial charge in [0.25, 0.3) is 0 Å². The van der Waals surface area contributed by atoms with Gasteiger partial charge in [-0.1, -0.05) is 48.5 Å². The third-order valence-electron chi connectivity index (χ3n) is 9.81. The van der Waals surface area contributed by atoms with Gasteiger partial charge in [0, 0.05) is 51.7 Å². The second-order valence-corrected chi connectivity index (χ2v) is 17.1. The van der Waals surface area contributed by atoms with Crippen molar-refractivity contribution >= 4 is 127 Å². The van der Waals surface area contributed by atoms with Crippen LogP contribution in [0.15, 0.2) is 155 Å². The molecule has 0 amide bonds. The number of hydrogen-bond acceptors (Lipinski definition) is 6. The molecule has 7 aromatic carbocycles. The Morgan fingerprint density at radius 1 is 0.308 bits per heavy atom. The normalized spacial score (nSPS) is 12.0. The number of nitrogens with zero attached hydrogens (tertiary/aromatic N) is 2. The van der Waals surface area contributed by atoms with E-state index in [1.165, 1.54) is 0 Å². The Morgan fingerprint density at radius 3 is 1.13 bits per heavy atom. The smallest absolute Gasteiger partial charge is 0.195 e. The van der Waals surface area contributed by atoms with Gasteiger partial charge < -0.3 is 9.13 Å². The Bertz CT molecular complexity index is 3250. The number of rotatable bonds is 2. The largest absolute Gasteiger partial charge is 0.308 e. The van der Waals surface area contributed by atoms with Crippen molar-refractivity contribution < 1.29 is 0 Å². The lowest BCUT2D eigenvalue weighted by atomic mass is 10.1. The molecule has 0 atom stereocenters. The quantitative estimate of drug-likeness (QED) is 0.166. The Hall–Kier alpha value is -5.64. The summed E-state index contributed by atoms with van der Waals surface area (Å²) >= 11 is 6.83. The number of benzene rings is 7. The highest BCUT2D eigenvalue weighted by Gasteiger charge is 2.17. The van der Waals surface area contributed by atoms with E-state index in [1.54, 1.807) is 45.3 Å². The van der Waals surface area contributed by atoms with Gasteiger partial charge in [0.2, 0.25) is 0 Å². The second kappa shape index (κ2) is 11.4. The summed E-state index contributed by atoms with van der Waals surface area (Å²) in [5.74, 6) is 0. The predicted molar refractivity (Wildman–Crippen MR) is 227 cm³/mol. The first-order valence-electron chi connectivity index (χ1n) is 16.8. The highest BCUT2D eigenvalue weighted by Crippen LogP contribution is 2.39. The van der Waals surface area contributed by atoms with Gasteiger partial charge in [0.15, 0.2) is 10.9 Å². The molecule has 0 fully saturated rings. The lowest BCUT2D eigenvalue weighted by Crippen LogP contribution is -2.05. The molecule has 4 heterocycles. The van der Waals surface area contributed by atoms with E-state index < -0.39 is 0 Å². The van der Waals surface area contributed by atoms with Crippen LogP contribution in [0.3, 0.4) is 0 Å². The van der Waals surface area contributed by atoms with E-state index in [1.807, 2.05) is 48.5 Å². The Balaban J connectivity index is 1.23. The molecule has 0 aliphatic carbocycles. The van der Waals surface area contributed by atoms with Crippen LogP contribution in [0, 0.1) is 0 Å². The van der Waals surface area contributed by atoms with E-state index >= 15 is 0 Å². The fourth-order valence-electron chi connectivity index (χ4n) is 7.42. The Kier molecular flexibility index (Phi) is 6.60. The van der Waals surface area contributed by atoms with E-state index in [0.717, 1.165) is 92.6 Å². The van der Waals surface area contributed by atoms with E-state index in [9.17, 15) is 9.59 Å². The van der Waals surface area contributed by atoms with Crippen molar-refractivity contribution in [1.29, 1.82) is 0 Å². The molecule has 246 valence electrons. The van der Waals surface area contributed by atoms with Gasteiger partial charge in [0.05, 0.1) is 40.9 Å². The summed E-state index contributed by atoms with van der Waals surface area (Å²) < 4.78 is 13.1. The van der Waals surface area contributed by atoms with Gasteiger partial charge in [-0.2, -0.15) is 0 Å². The van der Waals surface area contributed by atoms with Crippen molar-refractivity contribution in [2.45, 2.75) is 0 Å². The molecule has 4 aromatic heterocycles. The van der Waals surface area contributed by atoms with Crippen LogP contribution in [0.5, 0.6) is 0 Å². The highest BCUT2D eigenvalue weighted by molar-refractivity contribution is 7.26. The van der Waals surface area contributed by atoms with E-state index in [0.29, 0.717) is 0 Å². The minimum absolute atomic E-state index is 0.0600. The zero-order valence-electron chi connectivity index (χ0n) is 27.2. The van der Waals surface area contributed by atoms with Crippen molar-refractivity contribution in [3.05, 3.63) is 166 Å². The third-order valence-corrected chi connectivity index (χ3v) is 14.3. The molecular weight excluding hydrogens is 717 g/mol. The molecule has 0 saturated carbocycles. The maximum absolute atomic E-state index is 13.8. The van der Waals surface area contributed by atoms with Crippen LogP contribution in [-0.2, 0) is 0 Å². The first kappa shape index (κ1) is 30.0. The standard InChI is InChI=1S/C44H24N2O2S4/c47-43-27-9-1-5-13-35(27)49-37-19-17-25(21-29(37)43)45-31-11-3-7-15-39(31)51-41-24-34-42(23-33(41)45)52-40-16-8-4-12-32(40)46(34)26-18-20-38-30(22-26)44(48)28-10-2-6-14-36(28)50-38/h1-24H. The molecule has 11 rings (SSSR count). The van der Waals surface area contributed by atoms with Crippen LogP contribution in [0.2, 0.25) is 0 Å². The van der Waals surface area contributed by atoms with Crippen LogP contribution >= 0.6 is 45.3 Å². The molecule has 0 radical (unpaired) electrons. The van der Waals surface area contributed by atoms with Gasteiger partial charge in [-0.15, -0.1) is 45.3 Å². The molecule has 11 aromatic rings. The highest BCUT2D eigenvalue weighted by atomic mass is 32.1. The van der Waals surface area contributed by atoms with Crippen molar-refractivity contribution in [3.63, 3.8) is 0 Å². The van der Waals surface area contributed by atoms with Gasteiger partial charge in [0.1, 0.15) is 0 Å². The second-order valence-electron chi connectivity index (χ2n) is 12.8. The van der Waals surface area contributed by atoms with Crippen molar-refractivity contribution in [3.8, 4) is 11.4 Å². The average Bonchev–Trinajstić information content (AvgIpc) is 3.18. The maximum atomic E-state index is 13.8. The molecule has 52 heavy (non-hydrogen) atoms. The topological polar surface area (TPSA) is 44.0 Å². The summed E-state index contributed by atoms with van der Waals surface area (Å²) in [6.07, 6.45) is 0. The number of para-hydroxylation sites is 2. The molecule has 0 aliphatic heterocycles. The molecule has 0 aliphatic rings. The van der Waals surface area contributed by atoms with E-state index in [4.69, 9.17) is 0 Å². The molecular formula is C44H24N2O2S4. The molecule has 0 unspecified atom stereocenters. The molecule has 0 bridgehead atoms. The SMILES string of the molecule is O=c1c2ccccc2sc2ccc(-n3c4ccccc4sc4cc5c(cc43)sc3ccccc3n5-c3ccc4sc5ccccc5c(=O)c4c3)cc12. The van der Waals surface area contributed by atoms with Crippen LogP contribution in [0.4, 0.5) is 0 Å². The minimum Gasteiger partial charge on any atom is -0.308 e. The van der Waals surface area contributed by atoms with Crippen LogP contribution in [0.1, 0.15) is 0 Å². The summed E-state index contributed by atoms with van der Waals surface area (Å²) in [5.41, 5.74) is 6.32. The monoisotopic (exact) mass is 740 g/mol. The van der Waals surface area contributed by atoms with Crippen molar-refractivity contribution in [2.75, 3.05) is 0 Å². The molecule has 8 heteroatoms. The van der Waals surface area contributed by atoms with Crippen LogP contribution < -0.4 is 10.9 Å². The summed E-state index contributed by atoms with van der Waals surface area (Å²) in [5, 5.41) is 2.97. The first-order chi connectivity index (χ1) is 25.6. The minimum atomic E-state index is 0.0600. The van der Waals surface area contributed by atoms with E-state index in [-0.39, 0.29) is 10.9 Å². The average molecular weight is 741 g/mol. The van der Waals surface area contributed by atoms with Gasteiger partial charge in [-0.25, -0.2) is 0 Å². The molecule has 0 N–H and O–H groups in total. The summed E-state index contributed by atoms with van der Waals surface area (Å²) in [6.45, 7) is 0. The maximum Gasteiger partial charge on any atom is 0.195 e. The molecule has 0 saturated heterocycles. The molecule has 0 spiro atoms. The van der Waals surface area contributed by atoms with Crippen LogP contribution in [0.25, 0.3) is 92.6 Å². The number of hydrogen-bond donors (Lipinski definition) is 0. The number of fused-ring (bicyclic) bond motifs is 8. The van der Waals surface area contributed by atoms with Crippen LogP contribution in [-0.4, -0.2) is 9.13 Å². The number of aromatic nitrogens is 2. The molecule has 4 nitrogen and oxygen atoms in total. The van der Waals surface area contributed by atoms with E-state index in [2.05, 4.69) is 106 Å². The van der Waals surface area contributed by atoms with Crippen molar-refractivity contribution in [1.82, 2.24) is 9.13 Å². The van der Waals surface area contributed by atoms with Gasteiger partial charge >= 0.3 is 0 Å². The third kappa shape index (κ3) is 4.49. The lowest BCUT2D eigenvalue weighted by molar-refractivity contribution is 1.17. The fraction of sp³-hybridized carbons (Fsp3) is 0. The fourth-order valence-corrected chi connectivity index (χ4v) is 11.7. The zero-order chi connectivity index (χ0) is 34.5. The predicted octanol–water partition coefficient (Wildman–Crippen LogP) is 12.6. The van der Waals surface area contributed by atoms with Gasteiger partial charge in [-0.05, 0) is 97.1 Å². The first-order valence-corrected chi connectivity index (χ1v) is 20.1. The lowest BCUT2D eigenvalue weighted by Gasteiger charge is -2.19. The Morgan fingerprint density at radius 2 is 0.673 bits per heavy atom. The van der Waals surface area contributed by atoms with Gasteiger partial charge in [-0.3, -0.25) is 9.59 Å². The summed E-state index contributed by atoms with van der Waals surface area (Å²) in [6, 6.07) is 49.8. The zero-order valence-corrected chi connectivity index (χ0v) is 30.5. The summed E-state index contributed by atoms with van der Waals surface area (Å²) in [4.78, 5) is 27.6. The Labute approximate surface area is 311 Å². The van der Waals surface area contributed by atoms with Crippen molar-refractivity contribution in [2.24, 2.45) is 0 Å².